The molecule has 1 aromatic rings. The highest BCUT2D eigenvalue weighted by Crippen LogP contribution is 2.26. The normalized spacial score (nSPS) is 23.0. The van der Waals surface area contributed by atoms with Gasteiger partial charge in [0.1, 0.15) is 0 Å². The minimum absolute atomic E-state index is 0.0512. The lowest BCUT2D eigenvalue weighted by Crippen LogP contribution is -2.42. The van der Waals surface area contributed by atoms with Crippen LogP contribution in [-0.4, -0.2) is 38.9 Å². The number of hydrogen-bond donors (Lipinski definition) is 1. The van der Waals surface area contributed by atoms with E-state index >= 15 is 0 Å². The van der Waals surface area contributed by atoms with E-state index in [0.717, 1.165) is 25.7 Å². The molecule has 0 heterocycles. The highest BCUT2D eigenvalue weighted by atomic mass is 32.2. The molecule has 0 amide bonds. The molecule has 0 unspecified atom stereocenters. The van der Waals surface area contributed by atoms with Crippen molar-refractivity contribution in [1.82, 2.24) is 9.62 Å². The van der Waals surface area contributed by atoms with Gasteiger partial charge in [0.25, 0.3) is 0 Å². The van der Waals surface area contributed by atoms with Crippen LogP contribution < -0.4 is 5.32 Å². The summed E-state index contributed by atoms with van der Waals surface area (Å²) in [5, 5.41) is 12.0. The minimum atomic E-state index is -3.48. The fourth-order valence-electron chi connectivity index (χ4n) is 2.79. The molecule has 114 valence electrons. The first-order chi connectivity index (χ1) is 9.98. The van der Waals surface area contributed by atoms with Crippen LogP contribution in [0.25, 0.3) is 0 Å². The lowest BCUT2D eigenvalue weighted by molar-refractivity contribution is 0.255. The van der Waals surface area contributed by atoms with Crippen LogP contribution in [0.15, 0.2) is 29.2 Å². The Balaban J connectivity index is 2.13. The van der Waals surface area contributed by atoms with Gasteiger partial charge in [-0.25, -0.2) is 8.42 Å². The average Bonchev–Trinajstić information content (AvgIpc) is 2.54. The zero-order valence-electron chi connectivity index (χ0n) is 12.4. The standard InChI is InChI=1S/C15H21N3O2S/c1-17-13-5-7-14(8-6-13)18(2)21(19,20)15-9-3-12(11-16)4-10-15/h3-4,9-10,13-14,17H,5-8H2,1-2H3. The summed E-state index contributed by atoms with van der Waals surface area (Å²) in [7, 11) is 0.113. The van der Waals surface area contributed by atoms with Crippen LogP contribution in [-0.2, 0) is 10.0 Å². The van der Waals surface area contributed by atoms with Gasteiger partial charge >= 0.3 is 0 Å². The fourth-order valence-corrected chi connectivity index (χ4v) is 4.21. The van der Waals surface area contributed by atoms with Crippen LogP contribution in [0.2, 0.25) is 0 Å². The number of nitrogens with zero attached hydrogens (tertiary/aromatic N) is 2. The molecule has 2 rings (SSSR count). The van der Waals surface area contributed by atoms with Gasteiger partial charge in [-0.1, -0.05) is 0 Å². The molecule has 0 spiro atoms. The van der Waals surface area contributed by atoms with Crippen molar-refractivity contribution in [3.05, 3.63) is 29.8 Å². The molecule has 0 aromatic heterocycles. The fraction of sp³-hybridized carbons (Fsp3) is 0.533. The molecular weight excluding hydrogens is 286 g/mol. The second-order valence-electron chi connectivity index (χ2n) is 5.45. The van der Waals surface area contributed by atoms with Gasteiger partial charge in [0.15, 0.2) is 0 Å². The van der Waals surface area contributed by atoms with Gasteiger partial charge in [0, 0.05) is 19.1 Å². The number of nitrogens with one attached hydrogen (secondary N) is 1. The van der Waals surface area contributed by atoms with Crippen LogP contribution in [0, 0.1) is 11.3 Å². The minimum Gasteiger partial charge on any atom is -0.317 e. The maximum absolute atomic E-state index is 12.6. The Kier molecular flexibility index (Phi) is 4.99. The third kappa shape index (κ3) is 3.43. The van der Waals surface area contributed by atoms with Crippen molar-refractivity contribution in [2.75, 3.05) is 14.1 Å². The molecule has 0 radical (unpaired) electrons. The van der Waals surface area contributed by atoms with E-state index in [1.807, 2.05) is 13.1 Å². The van der Waals surface area contributed by atoms with E-state index < -0.39 is 10.0 Å². The predicted molar refractivity (Wildman–Crippen MR) is 81.2 cm³/mol. The van der Waals surface area contributed by atoms with Gasteiger partial charge in [-0.2, -0.15) is 9.57 Å². The number of rotatable bonds is 4. The molecular formula is C15H21N3O2S. The van der Waals surface area contributed by atoms with Gasteiger partial charge in [-0.05, 0) is 57.0 Å². The van der Waals surface area contributed by atoms with E-state index in [2.05, 4.69) is 5.32 Å². The third-order valence-corrected chi connectivity index (χ3v) is 6.20. The molecule has 1 fully saturated rings. The SMILES string of the molecule is CNC1CCC(N(C)S(=O)(=O)c2ccc(C#N)cc2)CC1. The summed E-state index contributed by atoms with van der Waals surface area (Å²) in [4.78, 5) is 0.250. The van der Waals surface area contributed by atoms with Crippen molar-refractivity contribution in [3.8, 4) is 6.07 Å². The van der Waals surface area contributed by atoms with Gasteiger partial charge in [-0.15, -0.1) is 0 Å². The molecule has 0 saturated heterocycles. The Bertz CT molecular complexity index is 611. The highest BCUT2D eigenvalue weighted by molar-refractivity contribution is 7.89. The topological polar surface area (TPSA) is 73.2 Å². The van der Waals surface area contributed by atoms with E-state index in [-0.39, 0.29) is 10.9 Å². The number of nitriles is 1. The second kappa shape index (κ2) is 6.56. The van der Waals surface area contributed by atoms with E-state index in [1.165, 1.54) is 16.4 Å². The zero-order chi connectivity index (χ0) is 15.5. The van der Waals surface area contributed by atoms with Gasteiger partial charge in [0.2, 0.25) is 10.0 Å². The van der Waals surface area contributed by atoms with Crippen LogP contribution >= 0.6 is 0 Å². The molecule has 0 atom stereocenters. The summed E-state index contributed by atoms with van der Waals surface area (Å²) in [5.41, 5.74) is 0.464. The van der Waals surface area contributed by atoms with Crippen LogP contribution in [0.3, 0.4) is 0 Å². The van der Waals surface area contributed by atoms with Crippen molar-refractivity contribution in [2.24, 2.45) is 0 Å². The molecule has 1 aromatic carbocycles. The molecule has 0 bridgehead atoms. The molecule has 0 aliphatic heterocycles. The highest BCUT2D eigenvalue weighted by Gasteiger charge is 2.31. The monoisotopic (exact) mass is 307 g/mol. The Hall–Kier alpha value is -1.42. The van der Waals surface area contributed by atoms with Crippen molar-refractivity contribution in [3.63, 3.8) is 0 Å². The van der Waals surface area contributed by atoms with Crippen molar-refractivity contribution in [2.45, 2.75) is 42.7 Å². The molecule has 21 heavy (non-hydrogen) atoms. The van der Waals surface area contributed by atoms with E-state index in [0.29, 0.717) is 11.6 Å². The Morgan fingerprint density at radius 3 is 2.24 bits per heavy atom. The summed E-state index contributed by atoms with van der Waals surface area (Å²) >= 11 is 0. The van der Waals surface area contributed by atoms with Crippen molar-refractivity contribution >= 4 is 10.0 Å². The lowest BCUT2D eigenvalue weighted by atomic mass is 9.91. The van der Waals surface area contributed by atoms with Gasteiger partial charge in [-0.3, -0.25) is 0 Å². The Morgan fingerprint density at radius 2 is 1.76 bits per heavy atom. The quantitative estimate of drug-likeness (QED) is 0.919. The van der Waals surface area contributed by atoms with Crippen LogP contribution in [0.4, 0.5) is 0 Å². The predicted octanol–water partition coefficient (Wildman–Crippen LogP) is 1.71. The van der Waals surface area contributed by atoms with Crippen LogP contribution in [0.1, 0.15) is 31.2 Å². The number of hydrogen-bond acceptors (Lipinski definition) is 4. The summed E-state index contributed by atoms with van der Waals surface area (Å²) in [6, 6.07) is 8.63. The number of benzene rings is 1. The van der Waals surface area contributed by atoms with Crippen LogP contribution in [0.5, 0.6) is 0 Å². The largest absolute Gasteiger partial charge is 0.317 e. The third-order valence-electron chi connectivity index (χ3n) is 4.28. The van der Waals surface area contributed by atoms with Gasteiger partial charge < -0.3 is 5.32 Å². The van der Waals surface area contributed by atoms with Crippen molar-refractivity contribution < 1.29 is 8.42 Å². The first kappa shape index (κ1) is 16.0. The van der Waals surface area contributed by atoms with E-state index in [4.69, 9.17) is 5.26 Å². The summed E-state index contributed by atoms with van der Waals surface area (Å²) < 4.78 is 26.7. The molecule has 1 aliphatic carbocycles. The first-order valence-corrected chi connectivity index (χ1v) is 8.58. The summed E-state index contributed by atoms with van der Waals surface area (Å²) in [5.74, 6) is 0. The van der Waals surface area contributed by atoms with E-state index in [1.54, 1.807) is 19.2 Å². The van der Waals surface area contributed by atoms with E-state index in [9.17, 15) is 8.42 Å². The first-order valence-electron chi connectivity index (χ1n) is 7.14. The Morgan fingerprint density at radius 1 is 1.19 bits per heavy atom. The van der Waals surface area contributed by atoms with Gasteiger partial charge in [0.05, 0.1) is 16.5 Å². The van der Waals surface area contributed by atoms with Crippen molar-refractivity contribution in [1.29, 1.82) is 5.26 Å². The average molecular weight is 307 g/mol. The molecule has 1 N–H and O–H groups in total. The lowest BCUT2D eigenvalue weighted by Gasteiger charge is -2.33. The summed E-state index contributed by atoms with van der Waals surface area (Å²) in [6.45, 7) is 0. The molecule has 6 heteroatoms. The smallest absolute Gasteiger partial charge is 0.243 e. The summed E-state index contributed by atoms with van der Waals surface area (Å²) in [6.07, 6.45) is 3.73. The molecule has 1 aliphatic rings. The maximum Gasteiger partial charge on any atom is 0.243 e. The molecule has 5 nitrogen and oxygen atoms in total. The number of sulfonamides is 1. The zero-order valence-corrected chi connectivity index (χ0v) is 13.2. The maximum atomic E-state index is 12.6. The second-order valence-corrected chi connectivity index (χ2v) is 7.45. The molecule has 1 saturated carbocycles. The Labute approximate surface area is 126 Å².